The first-order chi connectivity index (χ1) is 13.1. The lowest BCUT2D eigenvalue weighted by Gasteiger charge is -2.17. The summed E-state index contributed by atoms with van der Waals surface area (Å²) in [5.74, 6) is 1.06. The van der Waals surface area contributed by atoms with Crippen LogP contribution in [0.5, 0.6) is 11.5 Å². The molecule has 0 atom stereocenters. The number of para-hydroxylation sites is 1. The Morgan fingerprint density at radius 2 is 1.93 bits per heavy atom. The van der Waals surface area contributed by atoms with Crippen molar-refractivity contribution in [1.29, 1.82) is 0 Å². The number of rotatable bonds is 7. The summed E-state index contributed by atoms with van der Waals surface area (Å²) in [4.78, 5) is 14.0. The van der Waals surface area contributed by atoms with Crippen LogP contribution in [0.2, 0.25) is 0 Å². The number of hydrogen-bond acceptors (Lipinski definition) is 4. The number of nitrogens with zero attached hydrogens (tertiary/aromatic N) is 3. The van der Waals surface area contributed by atoms with Gasteiger partial charge in [-0.25, -0.2) is 4.68 Å². The number of benzene rings is 2. The van der Waals surface area contributed by atoms with E-state index >= 15 is 0 Å². The van der Waals surface area contributed by atoms with E-state index in [2.05, 4.69) is 5.10 Å². The van der Waals surface area contributed by atoms with Crippen LogP contribution in [-0.2, 0) is 11.3 Å². The van der Waals surface area contributed by atoms with E-state index in [9.17, 15) is 4.79 Å². The molecule has 2 aromatic carbocycles. The van der Waals surface area contributed by atoms with Gasteiger partial charge in [0.05, 0.1) is 19.0 Å². The molecule has 6 nitrogen and oxygen atoms in total. The summed E-state index contributed by atoms with van der Waals surface area (Å²) in [6, 6.07) is 15.5. The molecule has 140 valence electrons. The van der Waals surface area contributed by atoms with Crippen LogP contribution in [0.3, 0.4) is 0 Å². The zero-order valence-electron chi connectivity index (χ0n) is 15.8. The predicted octanol–water partition coefficient (Wildman–Crippen LogP) is 3.23. The summed E-state index contributed by atoms with van der Waals surface area (Å²) in [6.07, 6.45) is 3.68. The zero-order valence-corrected chi connectivity index (χ0v) is 15.8. The molecule has 0 bridgehead atoms. The molecule has 6 heteroatoms. The smallest absolute Gasteiger partial charge is 0.260 e. The first-order valence-electron chi connectivity index (χ1n) is 8.67. The Morgan fingerprint density at radius 1 is 1.15 bits per heavy atom. The number of aryl methyl sites for hydroxylation is 1. The van der Waals surface area contributed by atoms with Crippen molar-refractivity contribution in [3.63, 3.8) is 0 Å². The molecule has 0 spiro atoms. The molecule has 1 aromatic heterocycles. The van der Waals surface area contributed by atoms with Crippen LogP contribution >= 0.6 is 0 Å². The lowest BCUT2D eigenvalue weighted by Crippen LogP contribution is -2.30. The highest BCUT2D eigenvalue weighted by molar-refractivity contribution is 5.77. The molecular formula is C21H23N3O3. The maximum absolute atomic E-state index is 12.4. The molecule has 1 heterocycles. The minimum absolute atomic E-state index is 0.0528. The monoisotopic (exact) mass is 365 g/mol. The van der Waals surface area contributed by atoms with Gasteiger partial charge < -0.3 is 14.4 Å². The van der Waals surface area contributed by atoms with E-state index < -0.39 is 0 Å². The quantitative estimate of drug-likeness (QED) is 0.645. The molecule has 27 heavy (non-hydrogen) atoms. The highest BCUT2D eigenvalue weighted by atomic mass is 16.5. The fourth-order valence-corrected chi connectivity index (χ4v) is 2.67. The van der Waals surface area contributed by atoms with Crippen LogP contribution in [0.15, 0.2) is 60.9 Å². The average molecular weight is 365 g/mol. The number of carbonyl (C=O) groups excluding carboxylic acids is 1. The van der Waals surface area contributed by atoms with Crippen molar-refractivity contribution in [3.8, 4) is 17.2 Å². The van der Waals surface area contributed by atoms with Crippen LogP contribution in [0.25, 0.3) is 5.69 Å². The Kier molecular flexibility index (Phi) is 5.76. The molecule has 0 aliphatic carbocycles. The molecular weight excluding hydrogens is 342 g/mol. The van der Waals surface area contributed by atoms with Crippen molar-refractivity contribution in [2.75, 3.05) is 20.8 Å². The maximum atomic E-state index is 12.4. The van der Waals surface area contributed by atoms with Gasteiger partial charge in [-0.3, -0.25) is 4.79 Å². The third kappa shape index (κ3) is 4.67. The molecule has 3 aromatic rings. The topological polar surface area (TPSA) is 56.6 Å². The summed E-state index contributed by atoms with van der Waals surface area (Å²) in [5.41, 5.74) is 2.99. The number of aromatic nitrogens is 2. The second-order valence-electron chi connectivity index (χ2n) is 6.32. The van der Waals surface area contributed by atoms with Gasteiger partial charge in [0.1, 0.15) is 0 Å². The average Bonchev–Trinajstić information content (AvgIpc) is 3.15. The molecule has 0 unspecified atom stereocenters. The van der Waals surface area contributed by atoms with E-state index in [1.807, 2.05) is 61.7 Å². The van der Waals surface area contributed by atoms with Crippen LogP contribution in [-0.4, -0.2) is 41.4 Å². The largest absolute Gasteiger partial charge is 0.493 e. The van der Waals surface area contributed by atoms with Gasteiger partial charge >= 0.3 is 0 Å². The molecule has 0 aliphatic heterocycles. The Labute approximate surface area is 158 Å². The lowest BCUT2D eigenvalue weighted by molar-refractivity contribution is -0.132. The van der Waals surface area contributed by atoms with Crippen molar-refractivity contribution in [1.82, 2.24) is 14.7 Å². The SMILES string of the molecule is COc1cc(C)ccc1OCC(=O)N(C)Cc1cnn(-c2ccccc2)c1. The molecule has 0 aliphatic rings. The summed E-state index contributed by atoms with van der Waals surface area (Å²) in [7, 11) is 3.33. The summed E-state index contributed by atoms with van der Waals surface area (Å²) in [5, 5.41) is 4.35. The van der Waals surface area contributed by atoms with E-state index in [-0.39, 0.29) is 12.5 Å². The second kappa shape index (κ2) is 8.40. The maximum Gasteiger partial charge on any atom is 0.260 e. The number of hydrogen-bond donors (Lipinski definition) is 0. The van der Waals surface area contributed by atoms with E-state index in [1.165, 1.54) is 0 Å². The van der Waals surface area contributed by atoms with Crippen molar-refractivity contribution < 1.29 is 14.3 Å². The Balaban J connectivity index is 1.58. The van der Waals surface area contributed by atoms with Crippen molar-refractivity contribution in [3.05, 3.63) is 72.1 Å². The standard InChI is InChI=1S/C21H23N3O3/c1-16-9-10-19(20(11-16)26-3)27-15-21(25)23(2)13-17-12-22-24(14-17)18-7-5-4-6-8-18/h4-12,14H,13,15H2,1-3H3. The highest BCUT2D eigenvalue weighted by Crippen LogP contribution is 2.27. The number of carbonyl (C=O) groups is 1. The molecule has 0 saturated carbocycles. The van der Waals surface area contributed by atoms with Crippen molar-refractivity contribution in [2.45, 2.75) is 13.5 Å². The van der Waals surface area contributed by atoms with Gasteiger partial charge in [0.25, 0.3) is 5.91 Å². The van der Waals surface area contributed by atoms with Crippen LogP contribution in [0.4, 0.5) is 0 Å². The molecule has 0 saturated heterocycles. The van der Waals surface area contributed by atoms with Crippen molar-refractivity contribution >= 4 is 5.91 Å². The number of ether oxygens (including phenoxy) is 2. The van der Waals surface area contributed by atoms with Gasteiger partial charge in [-0.2, -0.15) is 5.10 Å². The fourth-order valence-electron chi connectivity index (χ4n) is 2.67. The van der Waals surface area contributed by atoms with Gasteiger partial charge in [-0.1, -0.05) is 24.3 Å². The van der Waals surface area contributed by atoms with E-state index in [0.717, 1.165) is 16.8 Å². The fraction of sp³-hybridized carbons (Fsp3) is 0.238. The third-order valence-corrected chi connectivity index (χ3v) is 4.17. The third-order valence-electron chi connectivity index (χ3n) is 4.17. The van der Waals surface area contributed by atoms with Crippen molar-refractivity contribution in [2.24, 2.45) is 0 Å². The zero-order chi connectivity index (χ0) is 19.2. The second-order valence-corrected chi connectivity index (χ2v) is 6.32. The molecule has 0 N–H and O–H groups in total. The van der Waals surface area contributed by atoms with E-state index in [1.54, 1.807) is 29.9 Å². The van der Waals surface area contributed by atoms with E-state index in [4.69, 9.17) is 9.47 Å². The first kappa shape index (κ1) is 18.5. The lowest BCUT2D eigenvalue weighted by atomic mass is 10.2. The molecule has 0 radical (unpaired) electrons. The Morgan fingerprint density at radius 3 is 2.67 bits per heavy atom. The summed E-state index contributed by atoms with van der Waals surface area (Å²) in [6.45, 7) is 2.38. The number of amides is 1. The predicted molar refractivity (Wildman–Crippen MR) is 103 cm³/mol. The van der Waals surface area contributed by atoms with E-state index in [0.29, 0.717) is 18.0 Å². The molecule has 1 amide bonds. The first-order valence-corrected chi connectivity index (χ1v) is 8.67. The molecule has 3 rings (SSSR count). The van der Waals surface area contributed by atoms with Gasteiger partial charge in [0.15, 0.2) is 18.1 Å². The van der Waals surface area contributed by atoms with Gasteiger partial charge in [0.2, 0.25) is 0 Å². The Bertz CT molecular complexity index is 906. The van der Waals surface area contributed by atoms with Crippen LogP contribution < -0.4 is 9.47 Å². The minimum atomic E-state index is -0.120. The van der Waals surface area contributed by atoms with Crippen LogP contribution in [0, 0.1) is 6.92 Å². The van der Waals surface area contributed by atoms with Gasteiger partial charge in [-0.05, 0) is 36.8 Å². The minimum Gasteiger partial charge on any atom is -0.493 e. The number of likely N-dealkylation sites (N-methyl/N-ethyl adjacent to an activating group) is 1. The van der Waals surface area contributed by atoms with Gasteiger partial charge in [-0.15, -0.1) is 0 Å². The van der Waals surface area contributed by atoms with Crippen LogP contribution in [0.1, 0.15) is 11.1 Å². The number of methoxy groups -OCH3 is 1. The molecule has 0 fully saturated rings. The Hall–Kier alpha value is -3.28. The van der Waals surface area contributed by atoms with Gasteiger partial charge in [0, 0.05) is 25.4 Å². The highest BCUT2D eigenvalue weighted by Gasteiger charge is 2.13. The normalized spacial score (nSPS) is 10.5. The summed E-state index contributed by atoms with van der Waals surface area (Å²) >= 11 is 0. The summed E-state index contributed by atoms with van der Waals surface area (Å²) < 4.78 is 12.7.